The van der Waals surface area contributed by atoms with Gasteiger partial charge in [0.15, 0.2) is 0 Å². The molecular weight excluding hydrogens is 220 g/mol. The Hall–Kier alpha value is -1.06. The second-order valence-corrected chi connectivity index (χ2v) is 5.50. The average molecular weight is 240 g/mol. The Morgan fingerprint density at radius 2 is 1.76 bits per heavy atom. The summed E-state index contributed by atoms with van der Waals surface area (Å²) in [6.45, 7) is 0. The number of hydrogen-bond acceptors (Lipinski definition) is 2. The third-order valence-electron chi connectivity index (χ3n) is 4.37. The molecule has 4 nitrogen and oxygen atoms in total. The van der Waals surface area contributed by atoms with Gasteiger partial charge in [-0.25, -0.2) is 0 Å². The lowest BCUT2D eigenvalue weighted by atomic mass is 9.76. The van der Waals surface area contributed by atoms with Crippen LogP contribution in [-0.2, 0) is 9.59 Å². The van der Waals surface area contributed by atoms with Gasteiger partial charge in [-0.1, -0.05) is 32.1 Å². The Labute approximate surface area is 101 Å². The smallest absolute Gasteiger partial charge is 0.306 e. The Morgan fingerprint density at radius 1 is 1.12 bits per heavy atom. The Morgan fingerprint density at radius 3 is 2.24 bits per heavy atom. The van der Waals surface area contributed by atoms with Crippen LogP contribution in [0.2, 0.25) is 0 Å². The van der Waals surface area contributed by atoms with Gasteiger partial charge < -0.3 is 10.2 Å². The maximum absolute atomic E-state index is 10.9. The molecule has 2 aliphatic rings. The number of carboxylic acid groups (broad SMARTS) is 2. The number of carboxylic acids is 2. The molecule has 2 N–H and O–H groups in total. The molecule has 0 spiro atoms. The van der Waals surface area contributed by atoms with Gasteiger partial charge in [-0.3, -0.25) is 9.59 Å². The van der Waals surface area contributed by atoms with Gasteiger partial charge in [0, 0.05) is 6.42 Å². The fourth-order valence-corrected chi connectivity index (χ4v) is 3.40. The summed E-state index contributed by atoms with van der Waals surface area (Å²) in [5.74, 6) is -1.16. The molecule has 96 valence electrons. The summed E-state index contributed by atoms with van der Waals surface area (Å²) in [5.41, 5.74) is 0. The first-order valence-corrected chi connectivity index (χ1v) is 6.54. The summed E-state index contributed by atoms with van der Waals surface area (Å²) in [4.78, 5) is 21.8. The molecule has 0 amide bonds. The highest BCUT2D eigenvalue weighted by atomic mass is 16.4. The van der Waals surface area contributed by atoms with Gasteiger partial charge >= 0.3 is 11.9 Å². The van der Waals surface area contributed by atoms with Crippen molar-refractivity contribution in [3.8, 4) is 0 Å². The molecule has 0 heterocycles. The van der Waals surface area contributed by atoms with Crippen LogP contribution in [0, 0.1) is 23.7 Å². The van der Waals surface area contributed by atoms with Gasteiger partial charge in [0.1, 0.15) is 0 Å². The quantitative estimate of drug-likeness (QED) is 0.773. The van der Waals surface area contributed by atoms with Crippen LogP contribution in [0.15, 0.2) is 0 Å². The van der Waals surface area contributed by atoms with Gasteiger partial charge in [0.2, 0.25) is 0 Å². The first kappa shape index (κ1) is 12.4. The molecule has 2 saturated carbocycles. The molecule has 3 atom stereocenters. The predicted octanol–water partition coefficient (Wildman–Crippen LogP) is 2.38. The van der Waals surface area contributed by atoms with Gasteiger partial charge in [-0.15, -0.1) is 0 Å². The molecule has 3 unspecified atom stereocenters. The van der Waals surface area contributed by atoms with Crippen LogP contribution >= 0.6 is 0 Å². The van der Waals surface area contributed by atoms with Crippen molar-refractivity contribution in [1.82, 2.24) is 0 Å². The molecule has 0 aliphatic heterocycles. The largest absolute Gasteiger partial charge is 0.481 e. The maximum atomic E-state index is 10.9. The lowest BCUT2D eigenvalue weighted by Gasteiger charge is -2.29. The van der Waals surface area contributed by atoms with Crippen LogP contribution < -0.4 is 0 Å². The zero-order valence-corrected chi connectivity index (χ0v) is 9.97. The van der Waals surface area contributed by atoms with E-state index in [1.54, 1.807) is 0 Å². The third kappa shape index (κ3) is 2.99. The molecular formula is C13H20O4. The topological polar surface area (TPSA) is 74.6 Å². The summed E-state index contributed by atoms with van der Waals surface area (Å²) in [5, 5.41) is 17.9. The van der Waals surface area contributed by atoms with Crippen molar-refractivity contribution in [2.24, 2.45) is 23.7 Å². The van der Waals surface area contributed by atoms with E-state index in [0.717, 1.165) is 12.8 Å². The minimum absolute atomic E-state index is 0.0916. The molecule has 2 aliphatic carbocycles. The van der Waals surface area contributed by atoms with E-state index in [4.69, 9.17) is 10.2 Å². The van der Waals surface area contributed by atoms with E-state index in [0.29, 0.717) is 12.3 Å². The molecule has 4 heteroatoms. The van der Waals surface area contributed by atoms with E-state index in [1.807, 2.05) is 0 Å². The first-order chi connectivity index (χ1) is 8.09. The highest BCUT2D eigenvalue weighted by molar-refractivity contribution is 5.74. The molecule has 0 bridgehead atoms. The number of rotatable bonds is 5. The summed E-state index contributed by atoms with van der Waals surface area (Å²) in [6, 6.07) is 0. The highest BCUT2D eigenvalue weighted by Crippen LogP contribution is 2.51. The molecule has 0 aromatic rings. The maximum Gasteiger partial charge on any atom is 0.306 e. The lowest BCUT2D eigenvalue weighted by molar-refractivity contribution is -0.141. The molecule has 2 rings (SSSR count). The van der Waals surface area contributed by atoms with Crippen molar-refractivity contribution < 1.29 is 19.8 Å². The minimum atomic E-state index is -0.781. The second-order valence-electron chi connectivity index (χ2n) is 5.50. The molecule has 0 aromatic carbocycles. The molecule has 0 aromatic heterocycles. The van der Waals surface area contributed by atoms with Gasteiger partial charge in [-0.05, 0) is 24.2 Å². The average Bonchev–Trinajstić information content (AvgIpc) is 3.07. The van der Waals surface area contributed by atoms with Crippen LogP contribution in [-0.4, -0.2) is 22.2 Å². The predicted molar refractivity (Wildman–Crippen MR) is 61.6 cm³/mol. The fourth-order valence-electron chi connectivity index (χ4n) is 3.40. The van der Waals surface area contributed by atoms with Crippen LogP contribution in [0.25, 0.3) is 0 Å². The van der Waals surface area contributed by atoms with Crippen molar-refractivity contribution in [2.45, 2.75) is 44.9 Å². The summed E-state index contributed by atoms with van der Waals surface area (Å²) >= 11 is 0. The summed E-state index contributed by atoms with van der Waals surface area (Å²) in [6.07, 6.45) is 6.59. The van der Waals surface area contributed by atoms with Crippen molar-refractivity contribution in [1.29, 1.82) is 0 Å². The van der Waals surface area contributed by atoms with E-state index in [9.17, 15) is 9.59 Å². The minimum Gasteiger partial charge on any atom is -0.481 e. The Balaban J connectivity index is 1.98. The van der Waals surface area contributed by atoms with Crippen molar-refractivity contribution in [3.63, 3.8) is 0 Å². The summed E-state index contributed by atoms with van der Waals surface area (Å²) < 4.78 is 0. The van der Waals surface area contributed by atoms with Crippen LogP contribution in [0.3, 0.4) is 0 Å². The van der Waals surface area contributed by atoms with E-state index in [2.05, 4.69) is 0 Å². The van der Waals surface area contributed by atoms with E-state index < -0.39 is 11.9 Å². The van der Waals surface area contributed by atoms with Gasteiger partial charge in [0.25, 0.3) is 0 Å². The standard InChI is InChI=1S/C13H20O4/c14-12(15)7-9(8-4-2-1-3-5-8)10-6-11(10)13(16)17/h8-11H,1-7H2,(H,14,15)(H,16,17). The second kappa shape index (κ2) is 5.07. The summed E-state index contributed by atoms with van der Waals surface area (Å²) in [7, 11) is 0. The van der Waals surface area contributed by atoms with E-state index in [1.165, 1.54) is 19.3 Å². The van der Waals surface area contributed by atoms with Crippen LogP contribution in [0.5, 0.6) is 0 Å². The number of hydrogen-bond donors (Lipinski definition) is 2. The van der Waals surface area contributed by atoms with Crippen molar-refractivity contribution in [3.05, 3.63) is 0 Å². The SMILES string of the molecule is O=C(O)CC(C1CCCCC1)C1CC1C(=O)O. The Kier molecular flexibility index (Phi) is 3.69. The molecule has 2 fully saturated rings. The number of aliphatic carboxylic acids is 2. The molecule has 17 heavy (non-hydrogen) atoms. The third-order valence-corrected chi connectivity index (χ3v) is 4.37. The lowest BCUT2D eigenvalue weighted by Crippen LogP contribution is -2.24. The van der Waals surface area contributed by atoms with Crippen LogP contribution in [0.1, 0.15) is 44.9 Å². The van der Waals surface area contributed by atoms with E-state index in [-0.39, 0.29) is 24.2 Å². The number of carbonyl (C=O) groups is 2. The van der Waals surface area contributed by atoms with Crippen molar-refractivity contribution >= 4 is 11.9 Å². The fraction of sp³-hybridized carbons (Fsp3) is 0.846. The first-order valence-electron chi connectivity index (χ1n) is 6.54. The Bertz CT molecular complexity index is 307. The van der Waals surface area contributed by atoms with E-state index >= 15 is 0 Å². The zero-order valence-electron chi connectivity index (χ0n) is 9.97. The highest BCUT2D eigenvalue weighted by Gasteiger charge is 2.50. The van der Waals surface area contributed by atoms with Crippen LogP contribution in [0.4, 0.5) is 0 Å². The monoisotopic (exact) mass is 240 g/mol. The van der Waals surface area contributed by atoms with Gasteiger partial charge in [0.05, 0.1) is 5.92 Å². The zero-order chi connectivity index (χ0) is 12.4. The molecule has 0 saturated heterocycles. The van der Waals surface area contributed by atoms with Crippen molar-refractivity contribution in [2.75, 3.05) is 0 Å². The molecule has 0 radical (unpaired) electrons. The van der Waals surface area contributed by atoms with Gasteiger partial charge in [-0.2, -0.15) is 0 Å². The normalized spacial score (nSPS) is 30.8.